The molecule has 0 radical (unpaired) electrons. The number of carbonyl (C=O) groups excluding carboxylic acids is 1. The Labute approximate surface area is 131 Å². The van der Waals surface area contributed by atoms with Crippen molar-refractivity contribution in [3.05, 3.63) is 35.6 Å². The van der Waals surface area contributed by atoms with Crippen LogP contribution in [0, 0.1) is 17.7 Å². The fourth-order valence-corrected chi connectivity index (χ4v) is 4.69. The van der Waals surface area contributed by atoms with E-state index in [1.807, 2.05) is 4.90 Å². The lowest BCUT2D eigenvalue weighted by Gasteiger charge is -2.41. The summed E-state index contributed by atoms with van der Waals surface area (Å²) in [7, 11) is 0. The van der Waals surface area contributed by atoms with Crippen molar-refractivity contribution in [2.24, 2.45) is 11.8 Å². The zero-order chi connectivity index (χ0) is 15.1. The third-order valence-corrected chi connectivity index (χ3v) is 5.86. The number of hydrogen-bond donors (Lipinski definition) is 0. The number of amides is 1. The van der Waals surface area contributed by atoms with Gasteiger partial charge in [0.25, 0.3) is 5.91 Å². The third-order valence-electron chi connectivity index (χ3n) is 5.86. The quantitative estimate of drug-likeness (QED) is 0.839. The van der Waals surface area contributed by atoms with Crippen LogP contribution in [-0.4, -0.2) is 47.9 Å². The van der Waals surface area contributed by atoms with E-state index < -0.39 is 0 Å². The Morgan fingerprint density at radius 1 is 1.00 bits per heavy atom. The van der Waals surface area contributed by atoms with Crippen LogP contribution in [0.25, 0.3) is 0 Å². The molecular formula is C18H23FN2O. The third kappa shape index (κ3) is 2.54. The lowest BCUT2D eigenvalue weighted by Crippen LogP contribution is -2.53. The van der Waals surface area contributed by atoms with Crippen molar-refractivity contribution in [3.8, 4) is 0 Å². The van der Waals surface area contributed by atoms with Crippen LogP contribution >= 0.6 is 0 Å². The Morgan fingerprint density at radius 2 is 1.73 bits per heavy atom. The molecule has 2 aliphatic carbocycles. The minimum atomic E-state index is -0.294. The fraction of sp³-hybridized carbons (Fsp3) is 0.611. The maximum Gasteiger partial charge on any atom is 0.253 e. The van der Waals surface area contributed by atoms with Crippen LogP contribution in [0.1, 0.15) is 36.0 Å². The van der Waals surface area contributed by atoms with E-state index in [2.05, 4.69) is 4.90 Å². The molecule has 4 heteroatoms. The van der Waals surface area contributed by atoms with Gasteiger partial charge in [-0.05, 0) is 55.4 Å². The molecule has 3 nitrogen and oxygen atoms in total. The van der Waals surface area contributed by atoms with Crippen LogP contribution in [0.4, 0.5) is 4.39 Å². The summed E-state index contributed by atoms with van der Waals surface area (Å²) in [4.78, 5) is 17.0. The van der Waals surface area contributed by atoms with Gasteiger partial charge >= 0.3 is 0 Å². The summed E-state index contributed by atoms with van der Waals surface area (Å²) in [5.41, 5.74) is 0.592. The molecule has 3 fully saturated rings. The van der Waals surface area contributed by atoms with Gasteiger partial charge in [-0.1, -0.05) is 6.42 Å². The lowest BCUT2D eigenvalue weighted by atomic mass is 9.93. The molecule has 1 heterocycles. The molecule has 3 aliphatic rings. The first-order chi connectivity index (χ1) is 10.7. The Kier molecular flexibility index (Phi) is 3.65. The van der Waals surface area contributed by atoms with Crippen molar-refractivity contribution in [3.63, 3.8) is 0 Å². The summed E-state index contributed by atoms with van der Waals surface area (Å²) in [6, 6.07) is 6.65. The molecule has 4 rings (SSSR count). The Balaban J connectivity index is 1.35. The van der Waals surface area contributed by atoms with Gasteiger partial charge in [-0.25, -0.2) is 4.39 Å². The van der Waals surface area contributed by atoms with E-state index in [9.17, 15) is 9.18 Å². The fourth-order valence-electron chi connectivity index (χ4n) is 4.69. The lowest BCUT2D eigenvalue weighted by molar-refractivity contribution is 0.0496. The summed E-state index contributed by atoms with van der Waals surface area (Å²) in [6.45, 7) is 3.57. The molecule has 1 saturated heterocycles. The number of benzene rings is 1. The highest BCUT2D eigenvalue weighted by Crippen LogP contribution is 2.46. The summed E-state index contributed by atoms with van der Waals surface area (Å²) in [5.74, 6) is 1.61. The minimum absolute atomic E-state index is 0.0348. The predicted octanol–water partition coefficient (Wildman–Crippen LogP) is 2.77. The maximum atomic E-state index is 13.0. The number of hydrogen-bond acceptors (Lipinski definition) is 2. The highest BCUT2D eigenvalue weighted by Gasteiger charge is 2.42. The molecule has 0 unspecified atom stereocenters. The molecule has 0 N–H and O–H groups in total. The SMILES string of the molecule is O=C(c1ccc(F)cc1)N1CCN([C@H]2C[C@H]3CC[C@H]2C3)CC1. The zero-order valence-corrected chi connectivity index (χ0v) is 12.9. The average Bonchev–Trinajstić information content (AvgIpc) is 3.18. The van der Waals surface area contributed by atoms with Crippen LogP contribution in [0.5, 0.6) is 0 Å². The number of piperazine rings is 1. The molecule has 1 amide bonds. The van der Waals surface area contributed by atoms with E-state index in [0.717, 1.165) is 44.1 Å². The van der Waals surface area contributed by atoms with Gasteiger partial charge in [0, 0.05) is 37.8 Å². The summed E-state index contributed by atoms with van der Waals surface area (Å²) >= 11 is 0. The largest absolute Gasteiger partial charge is 0.336 e. The smallest absolute Gasteiger partial charge is 0.253 e. The first kappa shape index (κ1) is 14.2. The summed E-state index contributed by atoms with van der Waals surface area (Å²) in [5, 5.41) is 0. The van der Waals surface area contributed by atoms with E-state index in [0.29, 0.717) is 5.56 Å². The van der Waals surface area contributed by atoms with Crippen molar-refractivity contribution in [2.75, 3.05) is 26.2 Å². The van der Waals surface area contributed by atoms with Gasteiger partial charge in [-0.2, -0.15) is 0 Å². The van der Waals surface area contributed by atoms with Crippen LogP contribution in [0.15, 0.2) is 24.3 Å². The van der Waals surface area contributed by atoms with E-state index in [-0.39, 0.29) is 11.7 Å². The molecule has 2 bridgehead atoms. The van der Waals surface area contributed by atoms with Crippen LogP contribution in [0.3, 0.4) is 0 Å². The molecule has 1 aromatic rings. The first-order valence-electron chi connectivity index (χ1n) is 8.49. The molecule has 118 valence electrons. The second-order valence-electron chi connectivity index (χ2n) is 7.08. The second-order valence-corrected chi connectivity index (χ2v) is 7.08. The van der Waals surface area contributed by atoms with Gasteiger partial charge in [0.2, 0.25) is 0 Å². The van der Waals surface area contributed by atoms with E-state index in [1.165, 1.54) is 37.8 Å². The van der Waals surface area contributed by atoms with Crippen molar-refractivity contribution >= 4 is 5.91 Å². The second kappa shape index (κ2) is 5.65. The number of nitrogens with zero attached hydrogens (tertiary/aromatic N) is 2. The summed E-state index contributed by atoms with van der Waals surface area (Å²) < 4.78 is 13.0. The topological polar surface area (TPSA) is 23.6 Å². The van der Waals surface area contributed by atoms with Gasteiger partial charge in [0.15, 0.2) is 0 Å². The normalized spacial score (nSPS) is 31.7. The Hall–Kier alpha value is -1.42. The molecule has 1 aliphatic heterocycles. The van der Waals surface area contributed by atoms with Crippen LogP contribution in [-0.2, 0) is 0 Å². The van der Waals surface area contributed by atoms with E-state index >= 15 is 0 Å². The molecule has 0 aromatic heterocycles. The molecule has 3 atom stereocenters. The van der Waals surface area contributed by atoms with Crippen molar-refractivity contribution in [1.29, 1.82) is 0 Å². The molecule has 2 saturated carbocycles. The average molecular weight is 302 g/mol. The maximum absolute atomic E-state index is 13.0. The first-order valence-corrected chi connectivity index (χ1v) is 8.49. The predicted molar refractivity (Wildman–Crippen MR) is 83.1 cm³/mol. The molecular weight excluding hydrogens is 279 g/mol. The van der Waals surface area contributed by atoms with Gasteiger partial charge in [-0.3, -0.25) is 9.69 Å². The van der Waals surface area contributed by atoms with E-state index in [4.69, 9.17) is 0 Å². The van der Waals surface area contributed by atoms with Gasteiger partial charge in [0.1, 0.15) is 5.82 Å². The number of halogens is 1. The molecule has 0 spiro atoms. The van der Waals surface area contributed by atoms with E-state index in [1.54, 1.807) is 12.1 Å². The minimum Gasteiger partial charge on any atom is -0.336 e. The molecule has 22 heavy (non-hydrogen) atoms. The summed E-state index contributed by atoms with van der Waals surface area (Å²) in [6.07, 6.45) is 5.64. The van der Waals surface area contributed by atoms with Crippen molar-refractivity contribution in [2.45, 2.75) is 31.7 Å². The molecule has 1 aromatic carbocycles. The highest BCUT2D eigenvalue weighted by molar-refractivity contribution is 5.94. The highest BCUT2D eigenvalue weighted by atomic mass is 19.1. The van der Waals surface area contributed by atoms with Crippen LogP contribution < -0.4 is 0 Å². The van der Waals surface area contributed by atoms with Crippen LogP contribution in [0.2, 0.25) is 0 Å². The zero-order valence-electron chi connectivity index (χ0n) is 12.9. The Bertz CT molecular complexity index is 551. The van der Waals surface area contributed by atoms with Gasteiger partial charge in [0.05, 0.1) is 0 Å². The van der Waals surface area contributed by atoms with Gasteiger partial charge in [-0.15, -0.1) is 0 Å². The number of fused-ring (bicyclic) bond motifs is 2. The Morgan fingerprint density at radius 3 is 2.32 bits per heavy atom. The van der Waals surface area contributed by atoms with Gasteiger partial charge < -0.3 is 4.90 Å². The monoisotopic (exact) mass is 302 g/mol. The van der Waals surface area contributed by atoms with Crippen molar-refractivity contribution < 1.29 is 9.18 Å². The number of rotatable bonds is 2. The standard InChI is InChI=1S/C18H23FN2O/c19-16-5-3-14(4-6-16)18(22)21-9-7-20(8-10-21)17-12-13-1-2-15(17)11-13/h3-6,13,15,17H,1-2,7-12H2/t13-,15-,17-/m0/s1. The number of carbonyl (C=O) groups is 1. The van der Waals surface area contributed by atoms with Crippen molar-refractivity contribution in [1.82, 2.24) is 9.80 Å².